The molecule has 0 saturated carbocycles. The smallest absolute Gasteiger partial charge is 0.339 e. The fourth-order valence-corrected chi connectivity index (χ4v) is 2.43. The average Bonchev–Trinajstić information content (AvgIpc) is 2.90. The number of carboxylic acid groups (broad SMARTS) is 1. The quantitative estimate of drug-likeness (QED) is 0.801. The van der Waals surface area contributed by atoms with Crippen LogP contribution in [-0.4, -0.2) is 25.8 Å². The van der Waals surface area contributed by atoms with Crippen LogP contribution in [0.4, 0.5) is 4.39 Å². The predicted octanol–water partition coefficient (Wildman–Crippen LogP) is 3.30. The van der Waals surface area contributed by atoms with E-state index in [-0.39, 0.29) is 11.3 Å². The van der Waals surface area contributed by atoms with Crippen LogP contribution in [0.1, 0.15) is 21.6 Å². The summed E-state index contributed by atoms with van der Waals surface area (Å²) >= 11 is 5.92. The number of benzene rings is 1. The highest BCUT2D eigenvalue weighted by Gasteiger charge is 2.15. The minimum atomic E-state index is -1.19. The van der Waals surface area contributed by atoms with Crippen molar-refractivity contribution in [2.24, 2.45) is 0 Å². The van der Waals surface area contributed by atoms with Crippen LogP contribution >= 0.6 is 11.6 Å². The summed E-state index contributed by atoms with van der Waals surface area (Å²) in [6.45, 7) is -0.575. The molecule has 0 radical (unpaired) electrons. The second-order valence-corrected chi connectivity index (χ2v) is 5.24. The van der Waals surface area contributed by atoms with E-state index in [1.54, 1.807) is 12.3 Å². The molecule has 3 rings (SSSR count). The number of alkyl halides is 1. The van der Waals surface area contributed by atoms with E-state index in [1.165, 1.54) is 10.9 Å². The summed E-state index contributed by atoms with van der Waals surface area (Å²) < 4.78 is 14.2. The highest BCUT2D eigenvalue weighted by atomic mass is 35.5. The first-order chi connectivity index (χ1) is 10.6. The van der Waals surface area contributed by atoms with Crippen molar-refractivity contribution in [1.29, 1.82) is 0 Å². The van der Waals surface area contributed by atoms with Gasteiger partial charge in [0.25, 0.3) is 0 Å². The second kappa shape index (κ2) is 5.73. The van der Waals surface area contributed by atoms with Gasteiger partial charge in [0.05, 0.1) is 17.1 Å². The summed E-state index contributed by atoms with van der Waals surface area (Å²) in [6.07, 6.45) is 2.90. The first-order valence-electron chi connectivity index (χ1n) is 6.46. The number of carboxylic acids is 1. The van der Waals surface area contributed by atoms with Crippen LogP contribution in [0.25, 0.3) is 10.9 Å². The van der Waals surface area contributed by atoms with Gasteiger partial charge in [-0.05, 0) is 23.8 Å². The van der Waals surface area contributed by atoms with Gasteiger partial charge in [0.2, 0.25) is 0 Å². The third kappa shape index (κ3) is 2.78. The van der Waals surface area contributed by atoms with Gasteiger partial charge in [0.15, 0.2) is 0 Å². The van der Waals surface area contributed by atoms with E-state index in [2.05, 4.69) is 10.1 Å². The summed E-state index contributed by atoms with van der Waals surface area (Å²) in [5.74, 6) is -1.19. The lowest BCUT2D eigenvalue weighted by Crippen LogP contribution is -2.01. The molecule has 5 nitrogen and oxygen atoms in total. The van der Waals surface area contributed by atoms with Gasteiger partial charge in [-0.1, -0.05) is 17.7 Å². The molecule has 0 aliphatic rings. The van der Waals surface area contributed by atoms with E-state index in [4.69, 9.17) is 16.7 Å². The third-order valence-electron chi connectivity index (χ3n) is 3.25. The molecule has 0 atom stereocenters. The Morgan fingerprint density at radius 1 is 1.36 bits per heavy atom. The lowest BCUT2D eigenvalue weighted by atomic mass is 10.1. The highest BCUT2D eigenvalue weighted by Crippen LogP contribution is 2.19. The number of hydrogen-bond donors (Lipinski definition) is 1. The van der Waals surface area contributed by atoms with Crippen molar-refractivity contribution in [3.63, 3.8) is 0 Å². The summed E-state index contributed by atoms with van der Waals surface area (Å²) in [4.78, 5) is 15.2. The topological polar surface area (TPSA) is 68.0 Å². The van der Waals surface area contributed by atoms with E-state index < -0.39 is 12.6 Å². The average molecular weight is 320 g/mol. The van der Waals surface area contributed by atoms with E-state index >= 15 is 0 Å². The van der Waals surface area contributed by atoms with Gasteiger partial charge in [-0.3, -0.25) is 9.67 Å². The molecule has 22 heavy (non-hydrogen) atoms. The van der Waals surface area contributed by atoms with Gasteiger partial charge in [-0.15, -0.1) is 0 Å². The van der Waals surface area contributed by atoms with E-state index in [0.717, 1.165) is 16.5 Å². The Kier molecular flexibility index (Phi) is 3.77. The number of halogens is 2. The molecule has 2 heterocycles. The standard InChI is InChI=1S/C15H11ClFN3O2/c16-11-4-10-3-9(1-2-13(10)18-6-11)7-20-8-12(15(21)22)14(5-17)19-20/h1-4,6,8H,5,7H2,(H,21,22). The van der Waals surface area contributed by atoms with Crippen LogP contribution in [0.3, 0.4) is 0 Å². The maximum Gasteiger partial charge on any atom is 0.339 e. The lowest BCUT2D eigenvalue weighted by molar-refractivity contribution is 0.0694. The molecule has 0 spiro atoms. The maximum absolute atomic E-state index is 12.8. The van der Waals surface area contributed by atoms with Crippen LogP contribution < -0.4 is 0 Å². The highest BCUT2D eigenvalue weighted by molar-refractivity contribution is 6.31. The number of carbonyl (C=O) groups is 1. The molecular weight excluding hydrogens is 309 g/mol. The first kappa shape index (κ1) is 14.5. The summed E-state index contributed by atoms with van der Waals surface area (Å²) in [5, 5.41) is 14.4. The van der Waals surface area contributed by atoms with Crippen LogP contribution in [0.2, 0.25) is 5.02 Å². The number of aromatic carboxylic acids is 1. The van der Waals surface area contributed by atoms with Gasteiger partial charge < -0.3 is 5.11 Å². The summed E-state index contributed by atoms with van der Waals surface area (Å²) in [5.41, 5.74) is 1.51. The van der Waals surface area contributed by atoms with Gasteiger partial charge in [-0.25, -0.2) is 9.18 Å². The zero-order chi connectivity index (χ0) is 15.7. The van der Waals surface area contributed by atoms with Crippen molar-refractivity contribution in [1.82, 2.24) is 14.8 Å². The predicted molar refractivity (Wildman–Crippen MR) is 79.9 cm³/mol. The molecule has 1 N–H and O–H groups in total. The monoisotopic (exact) mass is 319 g/mol. The van der Waals surface area contributed by atoms with E-state index in [9.17, 15) is 9.18 Å². The summed E-state index contributed by atoms with van der Waals surface area (Å²) in [6, 6.07) is 7.40. The Morgan fingerprint density at radius 3 is 2.86 bits per heavy atom. The Hall–Kier alpha value is -2.47. The molecule has 0 saturated heterocycles. The number of fused-ring (bicyclic) bond motifs is 1. The van der Waals surface area contributed by atoms with Gasteiger partial charge in [0.1, 0.15) is 17.9 Å². The van der Waals surface area contributed by atoms with Crippen molar-refractivity contribution in [3.8, 4) is 0 Å². The van der Waals surface area contributed by atoms with Gasteiger partial charge >= 0.3 is 5.97 Å². The molecule has 7 heteroatoms. The zero-order valence-corrected chi connectivity index (χ0v) is 12.1. The fraction of sp³-hybridized carbons (Fsp3) is 0.133. The van der Waals surface area contributed by atoms with E-state index in [1.807, 2.05) is 18.2 Å². The van der Waals surface area contributed by atoms with Crippen molar-refractivity contribution >= 4 is 28.5 Å². The van der Waals surface area contributed by atoms with Crippen molar-refractivity contribution in [3.05, 3.63) is 58.5 Å². The van der Waals surface area contributed by atoms with Crippen LogP contribution in [0.5, 0.6) is 0 Å². The molecular formula is C15H11ClFN3O2. The molecule has 2 aromatic heterocycles. The minimum absolute atomic E-state index is 0.0713. The van der Waals surface area contributed by atoms with E-state index in [0.29, 0.717) is 11.6 Å². The Bertz CT molecular complexity index is 863. The second-order valence-electron chi connectivity index (χ2n) is 4.81. The van der Waals surface area contributed by atoms with Crippen molar-refractivity contribution < 1.29 is 14.3 Å². The Morgan fingerprint density at radius 2 is 2.18 bits per heavy atom. The molecule has 1 aromatic carbocycles. The number of pyridine rings is 1. The molecule has 0 aliphatic heterocycles. The fourth-order valence-electron chi connectivity index (χ4n) is 2.26. The molecule has 0 amide bonds. The van der Waals surface area contributed by atoms with Crippen molar-refractivity contribution in [2.45, 2.75) is 13.2 Å². The number of nitrogens with zero attached hydrogens (tertiary/aromatic N) is 3. The third-order valence-corrected chi connectivity index (χ3v) is 3.46. The lowest BCUT2D eigenvalue weighted by Gasteiger charge is -2.04. The SMILES string of the molecule is O=C(O)c1cn(Cc2ccc3ncc(Cl)cc3c2)nc1CF. The Balaban J connectivity index is 1.94. The number of rotatable bonds is 4. The van der Waals surface area contributed by atoms with Crippen LogP contribution in [0.15, 0.2) is 36.7 Å². The number of aromatic nitrogens is 3. The number of hydrogen-bond acceptors (Lipinski definition) is 3. The molecule has 0 unspecified atom stereocenters. The molecule has 0 fully saturated rings. The van der Waals surface area contributed by atoms with Crippen LogP contribution in [0, 0.1) is 0 Å². The molecule has 112 valence electrons. The molecule has 3 aromatic rings. The van der Waals surface area contributed by atoms with Gasteiger partial charge in [-0.2, -0.15) is 5.10 Å². The van der Waals surface area contributed by atoms with Crippen LogP contribution in [-0.2, 0) is 13.2 Å². The van der Waals surface area contributed by atoms with Crippen molar-refractivity contribution in [2.75, 3.05) is 0 Å². The molecule has 0 aliphatic carbocycles. The Labute approximate surface area is 130 Å². The summed E-state index contributed by atoms with van der Waals surface area (Å²) in [7, 11) is 0. The minimum Gasteiger partial charge on any atom is -0.478 e. The maximum atomic E-state index is 12.8. The normalized spacial score (nSPS) is 11.0. The first-order valence-corrected chi connectivity index (χ1v) is 6.84. The zero-order valence-electron chi connectivity index (χ0n) is 11.3. The largest absolute Gasteiger partial charge is 0.478 e. The molecule has 0 bridgehead atoms. The van der Waals surface area contributed by atoms with Gasteiger partial charge in [0, 0.05) is 17.8 Å².